The molecule has 4 nitrogen and oxygen atoms in total. The number of rotatable bonds is 5. The second-order valence-electron chi connectivity index (χ2n) is 3.71. The highest BCUT2D eigenvalue weighted by Gasteiger charge is 2.17. The van der Waals surface area contributed by atoms with Gasteiger partial charge in [0.1, 0.15) is 5.82 Å². The number of benzene rings is 1. The van der Waals surface area contributed by atoms with Crippen molar-refractivity contribution in [3.63, 3.8) is 0 Å². The van der Waals surface area contributed by atoms with Gasteiger partial charge in [-0.2, -0.15) is 4.39 Å². The third-order valence-electron chi connectivity index (χ3n) is 2.05. The van der Waals surface area contributed by atoms with Gasteiger partial charge in [0.05, 0.1) is 4.92 Å². The van der Waals surface area contributed by atoms with Crippen LogP contribution in [0.3, 0.4) is 0 Å². The molecule has 0 heterocycles. The topological polar surface area (TPSA) is 55.2 Å². The van der Waals surface area contributed by atoms with E-state index in [-0.39, 0.29) is 12.1 Å². The molecule has 0 saturated heterocycles. The van der Waals surface area contributed by atoms with Gasteiger partial charge < -0.3 is 5.32 Å². The number of nitrogens with one attached hydrogen (secondary N) is 1. The van der Waals surface area contributed by atoms with E-state index in [1.54, 1.807) is 6.92 Å². The lowest BCUT2D eigenvalue weighted by atomic mass is 10.1. The first kappa shape index (κ1) is 13.2. The second-order valence-corrected chi connectivity index (χ2v) is 3.71. The van der Waals surface area contributed by atoms with Crippen LogP contribution in [0.4, 0.5) is 14.5 Å². The molecule has 0 saturated carbocycles. The molecule has 0 aliphatic rings. The Morgan fingerprint density at radius 2 is 2.12 bits per heavy atom. The highest BCUT2D eigenvalue weighted by Crippen LogP contribution is 2.21. The summed E-state index contributed by atoms with van der Waals surface area (Å²) in [5.74, 6) is -1.97. The number of hydrogen-bond donors (Lipinski definition) is 1. The van der Waals surface area contributed by atoms with Crippen molar-refractivity contribution >= 4 is 5.69 Å². The van der Waals surface area contributed by atoms with Crippen molar-refractivity contribution in [1.29, 1.82) is 0 Å². The first-order valence-electron chi connectivity index (χ1n) is 4.89. The largest absolute Gasteiger partial charge is 0.309 e. The fourth-order valence-corrected chi connectivity index (χ4v) is 1.27. The Labute approximate surface area is 97.1 Å². The smallest absolute Gasteiger partial charge is 0.305 e. The number of nitrogens with zero attached hydrogens (tertiary/aromatic N) is 1. The van der Waals surface area contributed by atoms with Gasteiger partial charge in [-0.25, -0.2) is 4.39 Å². The zero-order valence-corrected chi connectivity index (χ0v) is 9.30. The van der Waals surface area contributed by atoms with E-state index in [9.17, 15) is 18.9 Å². The van der Waals surface area contributed by atoms with Gasteiger partial charge in [0.25, 0.3) is 0 Å². The molecule has 0 unspecified atom stereocenters. The Kier molecular flexibility index (Phi) is 4.28. The lowest BCUT2D eigenvalue weighted by Gasteiger charge is -2.06. The number of nitro benzene ring substituents is 1. The minimum Gasteiger partial charge on any atom is -0.309 e. The molecule has 0 aliphatic heterocycles. The molecule has 92 valence electrons. The van der Waals surface area contributed by atoms with Crippen LogP contribution in [-0.4, -0.2) is 11.5 Å². The highest BCUT2D eigenvalue weighted by atomic mass is 19.1. The second kappa shape index (κ2) is 5.49. The summed E-state index contributed by atoms with van der Waals surface area (Å²) >= 11 is 0. The quantitative estimate of drug-likeness (QED) is 0.490. The van der Waals surface area contributed by atoms with Crippen molar-refractivity contribution in [1.82, 2.24) is 5.32 Å². The standard InChI is InChI=1S/C11H12F2N2O2/c1-7(2)5-14-6-8-3-11(15(16)17)10(13)4-9(8)12/h3-4,14H,1,5-6H2,2H3. The maximum Gasteiger partial charge on any atom is 0.305 e. The van der Waals surface area contributed by atoms with Crippen LogP contribution in [0.15, 0.2) is 24.3 Å². The third kappa shape index (κ3) is 3.60. The van der Waals surface area contributed by atoms with Crippen LogP contribution in [0.25, 0.3) is 0 Å². The predicted octanol–water partition coefficient (Wildman–Crippen LogP) is 2.54. The molecule has 1 N–H and O–H groups in total. The maximum absolute atomic E-state index is 13.3. The van der Waals surface area contributed by atoms with Crippen LogP contribution in [0.5, 0.6) is 0 Å². The molecule has 1 rings (SSSR count). The Balaban J connectivity index is 2.88. The Morgan fingerprint density at radius 1 is 1.47 bits per heavy atom. The molecular formula is C11H12F2N2O2. The van der Waals surface area contributed by atoms with E-state index in [1.807, 2.05) is 0 Å². The Morgan fingerprint density at radius 3 is 2.65 bits per heavy atom. The van der Waals surface area contributed by atoms with Crippen LogP contribution in [-0.2, 0) is 6.54 Å². The van der Waals surface area contributed by atoms with Gasteiger partial charge in [0.2, 0.25) is 5.82 Å². The molecule has 0 atom stereocenters. The molecule has 0 aromatic heterocycles. The zero-order chi connectivity index (χ0) is 13.0. The minimum atomic E-state index is -1.17. The predicted molar refractivity (Wildman–Crippen MR) is 59.5 cm³/mol. The Bertz CT molecular complexity index is 461. The van der Waals surface area contributed by atoms with E-state index < -0.39 is 22.2 Å². The molecule has 6 heteroatoms. The summed E-state index contributed by atoms with van der Waals surface area (Å²) in [6, 6.07) is 1.42. The van der Waals surface area contributed by atoms with Gasteiger partial charge in [0.15, 0.2) is 0 Å². The highest BCUT2D eigenvalue weighted by molar-refractivity contribution is 5.37. The minimum absolute atomic E-state index is 0.0550. The number of halogens is 2. The Hall–Kier alpha value is -1.82. The van der Waals surface area contributed by atoms with E-state index in [2.05, 4.69) is 11.9 Å². The van der Waals surface area contributed by atoms with Gasteiger partial charge >= 0.3 is 5.69 Å². The van der Waals surface area contributed by atoms with E-state index in [0.717, 1.165) is 11.6 Å². The van der Waals surface area contributed by atoms with Gasteiger partial charge in [-0.3, -0.25) is 10.1 Å². The van der Waals surface area contributed by atoms with Crippen molar-refractivity contribution in [2.75, 3.05) is 6.54 Å². The van der Waals surface area contributed by atoms with E-state index in [4.69, 9.17) is 0 Å². The summed E-state index contributed by atoms with van der Waals surface area (Å²) in [4.78, 5) is 9.60. The van der Waals surface area contributed by atoms with Crippen molar-refractivity contribution < 1.29 is 13.7 Å². The molecule has 0 aliphatic carbocycles. The molecule has 0 bridgehead atoms. The monoisotopic (exact) mass is 242 g/mol. The summed E-state index contributed by atoms with van der Waals surface area (Å²) in [5.41, 5.74) is 0.180. The fourth-order valence-electron chi connectivity index (χ4n) is 1.27. The molecule has 0 fully saturated rings. The van der Waals surface area contributed by atoms with Gasteiger partial charge in [0, 0.05) is 30.8 Å². The molecule has 0 radical (unpaired) electrons. The molecular weight excluding hydrogens is 230 g/mol. The average molecular weight is 242 g/mol. The van der Waals surface area contributed by atoms with Gasteiger partial charge in [-0.1, -0.05) is 12.2 Å². The van der Waals surface area contributed by atoms with Gasteiger partial charge in [-0.05, 0) is 6.92 Å². The van der Waals surface area contributed by atoms with Crippen molar-refractivity contribution in [3.8, 4) is 0 Å². The molecule has 1 aromatic rings. The normalized spacial score (nSPS) is 10.3. The first-order valence-corrected chi connectivity index (χ1v) is 4.89. The van der Waals surface area contributed by atoms with Crippen molar-refractivity contribution in [3.05, 3.63) is 51.6 Å². The summed E-state index contributed by atoms with van der Waals surface area (Å²) < 4.78 is 26.3. The number of nitro groups is 1. The van der Waals surface area contributed by atoms with Crippen LogP contribution in [0.2, 0.25) is 0 Å². The summed E-state index contributed by atoms with van der Waals surface area (Å²) in [7, 11) is 0. The van der Waals surface area contributed by atoms with Crippen molar-refractivity contribution in [2.24, 2.45) is 0 Å². The van der Waals surface area contributed by atoms with Crippen LogP contribution in [0, 0.1) is 21.7 Å². The lowest BCUT2D eigenvalue weighted by Crippen LogP contribution is -2.16. The van der Waals surface area contributed by atoms with Crippen LogP contribution < -0.4 is 5.32 Å². The first-order chi connectivity index (χ1) is 7.91. The summed E-state index contributed by atoms with van der Waals surface area (Å²) in [5, 5.41) is 13.3. The number of hydrogen-bond acceptors (Lipinski definition) is 3. The average Bonchev–Trinajstić information content (AvgIpc) is 2.20. The van der Waals surface area contributed by atoms with Crippen molar-refractivity contribution in [2.45, 2.75) is 13.5 Å². The molecule has 0 amide bonds. The van der Waals surface area contributed by atoms with Crippen LogP contribution >= 0.6 is 0 Å². The SMILES string of the molecule is C=C(C)CNCc1cc([N+](=O)[O-])c(F)cc1F. The van der Waals surface area contributed by atoms with Crippen LogP contribution in [0.1, 0.15) is 12.5 Å². The third-order valence-corrected chi connectivity index (χ3v) is 2.05. The summed E-state index contributed by atoms with van der Waals surface area (Å²) in [6.45, 7) is 5.98. The molecule has 0 spiro atoms. The summed E-state index contributed by atoms with van der Waals surface area (Å²) in [6.07, 6.45) is 0. The lowest BCUT2D eigenvalue weighted by molar-refractivity contribution is -0.387. The molecule has 1 aromatic carbocycles. The zero-order valence-electron chi connectivity index (χ0n) is 9.30. The van der Waals surface area contributed by atoms with E-state index in [0.29, 0.717) is 12.6 Å². The van der Waals surface area contributed by atoms with E-state index >= 15 is 0 Å². The van der Waals surface area contributed by atoms with E-state index in [1.165, 1.54) is 0 Å². The fraction of sp³-hybridized carbons (Fsp3) is 0.273. The van der Waals surface area contributed by atoms with Gasteiger partial charge in [-0.15, -0.1) is 0 Å². The molecule has 17 heavy (non-hydrogen) atoms. The maximum atomic E-state index is 13.3.